The third kappa shape index (κ3) is 3.71. The van der Waals surface area contributed by atoms with Crippen LogP contribution in [0.15, 0.2) is 42.6 Å². The Morgan fingerprint density at radius 3 is 2.84 bits per heavy atom. The third-order valence-electron chi connectivity index (χ3n) is 8.35. The van der Waals surface area contributed by atoms with Crippen LogP contribution in [0.3, 0.4) is 0 Å². The van der Waals surface area contributed by atoms with Gasteiger partial charge in [-0.25, -0.2) is 9.67 Å². The van der Waals surface area contributed by atoms with E-state index >= 15 is 0 Å². The molecular weight excluding hydrogens is 466 g/mol. The van der Waals surface area contributed by atoms with Crippen LogP contribution in [0.2, 0.25) is 0 Å². The minimum Gasteiger partial charge on any atom is -0.476 e. The Bertz CT molecular complexity index is 1510. The Labute approximate surface area is 215 Å². The number of nitrogens with zero attached hydrogens (tertiary/aromatic N) is 6. The van der Waals surface area contributed by atoms with Gasteiger partial charge in [-0.3, -0.25) is 20.0 Å². The molecule has 1 aliphatic carbocycles. The number of amides is 1. The maximum absolute atomic E-state index is 13.7. The average molecular weight is 498 g/mol. The lowest BCUT2D eigenvalue weighted by Crippen LogP contribution is -2.45. The fourth-order valence-corrected chi connectivity index (χ4v) is 6.61. The van der Waals surface area contributed by atoms with Crippen molar-refractivity contribution in [2.75, 3.05) is 31.6 Å². The van der Waals surface area contributed by atoms with Crippen molar-refractivity contribution < 1.29 is 9.53 Å². The van der Waals surface area contributed by atoms with Crippen LogP contribution in [-0.4, -0.2) is 61.4 Å². The molecule has 3 aromatic heterocycles. The van der Waals surface area contributed by atoms with Gasteiger partial charge in [0, 0.05) is 37.9 Å². The predicted molar refractivity (Wildman–Crippen MR) is 141 cm³/mol. The second-order valence-electron chi connectivity index (χ2n) is 10.8. The summed E-state index contributed by atoms with van der Waals surface area (Å²) in [6.07, 6.45) is 6.26. The molecule has 1 N–H and O–H groups in total. The van der Waals surface area contributed by atoms with E-state index in [0.29, 0.717) is 35.6 Å². The van der Waals surface area contributed by atoms with E-state index in [-0.39, 0.29) is 11.4 Å². The lowest BCUT2D eigenvalue weighted by atomic mass is 9.78. The van der Waals surface area contributed by atoms with Gasteiger partial charge in [0.2, 0.25) is 11.8 Å². The van der Waals surface area contributed by atoms with E-state index in [4.69, 9.17) is 14.7 Å². The molecule has 2 saturated heterocycles. The highest BCUT2D eigenvalue weighted by Gasteiger charge is 2.44. The molecule has 1 saturated carbocycles. The Kier molecular flexibility index (Phi) is 5.11. The summed E-state index contributed by atoms with van der Waals surface area (Å²) in [4.78, 5) is 25.9. The number of pyridine rings is 1. The molecule has 1 aromatic carbocycles. The molecule has 9 nitrogen and oxygen atoms in total. The number of ether oxygens (including phenoxy) is 1. The monoisotopic (exact) mass is 497 g/mol. The second-order valence-corrected chi connectivity index (χ2v) is 10.8. The first-order valence-corrected chi connectivity index (χ1v) is 13.1. The van der Waals surface area contributed by atoms with Gasteiger partial charge < -0.3 is 9.30 Å². The summed E-state index contributed by atoms with van der Waals surface area (Å²) in [6.45, 7) is 5.26. The highest BCUT2D eigenvalue weighted by atomic mass is 16.5. The van der Waals surface area contributed by atoms with Crippen LogP contribution in [0.4, 0.5) is 5.95 Å². The fourth-order valence-electron chi connectivity index (χ4n) is 6.61. The first kappa shape index (κ1) is 22.5. The van der Waals surface area contributed by atoms with Crippen molar-refractivity contribution in [2.24, 2.45) is 13.0 Å². The minimum atomic E-state index is -0.194. The zero-order chi connectivity index (χ0) is 25.1. The number of hydrogen-bond donors (Lipinski definition) is 1. The first-order chi connectivity index (χ1) is 18.0. The van der Waals surface area contributed by atoms with Crippen LogP contribution in [0.25, 0.3) is 22.3 Å². The zero-order valence-electron chi connectivity index (χ0n) is 21.3. The van der Waals surface area contributed by atoms with E-state index in [1.165, 1.54) is 12.8 Å². The average Bonchev–Trinajstić information content (AvgIpc) is 3.32. The van der Waals surface area contributed by atoms with Crippen molar-refractivity contribution in [1.29, 1.82) is 0 Å². The molecule has 37 heavy (non-hydrogen) atoms. The lowest BCUT2D eigenvalue weighted by molar-refractivity contribution is 0.102. The van der Waals surface area contributed by atoms with Gasteiger partial charge >= 0.3 is 0 Å². The molecule has 8 rings (SSSR count). The smallest absolute Gasteiger partial charge is 0.258 e. The summed E-state index contributed by atoms with van der Waals surface area (Å²) >= 11 is 0. The van der Waals surface area contributed by atoms with Crippen molar-refractivity contribution >= 4 is 22.9 Å². The van der Waals surface area contributed by atoms with Gasteiger partial charge in [-0.1, -0.05) is 12.1 Å². The first-order valence-electron chi connectivity index (χ1n) is 13.1. The number of carbonyl (C=O) groups excluding carboxylic acids is 1. The number of para-hydroxylation sites is 2. The van der Waals surface area contributed by atoms with Crippen LogP contribution in [-0.2, 0) is 12.6 Å². The number of carbonyl (C=O) groups is 1. The maximum Gasteiger partial charge on any atom is 0.258 e. The summed E-state index contributed by atoms with van der Waals surface area (Å²) in [5.41, 5.74) is 4.59. The summed E-state index contributed by atoms with van der Waals surface area (Å²) in [5, 5.41) is 7.63. The SMILES string of the molecule is Cc1cc2cc(n1)-c1cnn(C)c1OCCN1CC3CCC(CC3)(C1)n1c(nc3ccccc31)NC2=O. The van der Waals surface area contributed by atoms with Crippen molar-refractivity contribution in [2.45, 2.75) is 38.1 Å². The summed E-state index contributed by atoms with van der Waals surface area (Å²) in [7, 11) is 1.88. The molecule has 190 valence electrons. The summed E-state index contributed by atoms with van der Waals surface area (Å²) < 4.78 is 10.4. The molecule has 1 spiro atoms. The topological polar surface area (TPSA) is 90.1 Å². The Morgan fingerprint density at radius 2 is 1.97 bits per heavy atom. The number of benzene rings is 1. The standard InChI is InChI=1S/C28H31N7O2/c1-18-13-20-14-23(30-18)21-15-29-33(2)26(21)37-12-11-34-16-19-7-9-28(17-34,10-8-19)35-24-6-4-3-5-22(24)31-27(35)32-25(20)36/h3-6,13-15,19H,7-12,16-17H2,1-2H3,(H,31,32,36). The molecule has 4 aromatic rings. The molecule has 6 heterocycles. The Hall–Kier alpha value is -3.72. The van der Waals surface area contributed by atoms with E-state index in [1.54, 1.807) is 10.9 Å². The van der Waals surface area contributed by atoms with Crippen molar-refractivity contribution in [1.82, 2.24) is 29.2 Å². The molecule has 1 unspecified atom stereocenters. The summed E-state index contributed by atoms with van der Waals surface area (Å²) in [5.74, 6) is 1.78. The normalized spacial score (nSPS) is 25.3. The molecule has 4 aliphatic rings. The van der Waals surface area contributed by atoms with Crippen molar-refractivity contribution in [3.63, 3.8) is 0 Å². The van der Waals surface area contributed by atoms with Gasteiger partial charge in [0.05, 0.1) is 34.0 Å². The van der Waals surface area contributed by atoms with E-state index in [2.05, 4.69) is 32.0 Å². The number of anilines is 1. The largest absolute Gasteiger partial charge is 0.476 e. The molecular formula is C28H31N7O2. The van der Waals surface area contributed by atoms with Gasteiger partial charge in [0.15, 0.2) is 0 Å². The van der Waals surface area contributed by atoms with Crippen LogP contribution < -0.4 is 10.1 Å². The van der Waals surface area contributed by atoms with Gasteiger partial charge in [0.1, 0.15) is 6.61 Å². The van der Waals surface area contributed by atoms with Crippen molar-refractivity contribution in [3.05, 3.63) is 53.9 Å². The molecule has 5 bridgehead atoms. The van der Waals surface area contributed by atoms with Crippen LogP contribution in [0.1, 0.15) is 41.7 Å². The number of aromatic nitrogens is 5. The highest BCUT2D eigenvalue weighted by Crippen LogP contribution is 2.45. The number of hydrogen-bond acceptors (Lipinski definition) is 6. The zero-order valence-corrected chi connectivity index (χ0v) is 21.3. The maximum atomic E-state index is 13.7. The molecule has 9 heteroatoms. The number of nitrogens with one attached hydrogen (secondary N) is 1. The predicted octanol–water partition coefficient (Wildman–Crippen LogP) is 3.99. The number of fused-ring (bicyclic) bond motifs is 9. The highest BCUT2D eigenvalue weighted by molar-refractivity contribution is 6.05. The van der Waals surface area contributed by atoms with Crippen LogP contribution in [0.5, 0.6) is 5.88 Å². The fraction of sp³-hybridized carbons (Fsp3) is 0.429. The number of aryl methyl sites for hydroxylation is 2. The second kappa shape index (κ2) is 8.41. The van der Waals surface area contributed by atoms with Gasteiger partial charge in [-0.05, 0) is 62.8 Å². The molecule has 3 fully saturated rings. The Morgan fingerprint density at radius 1 is 1.14 bits per heavy atom. The molecule has 0 radical (unpaired) electrons. The third-order valence-corrected chi connectivity index (χ3v) is 8.35. The van der Waals surface area contributed by atoms with Gasteiger partial charge in [-0.15, -0.1) is 0 Å². The molecule has 1 amide bonds. The summed E-state index contributed by atoms with van der Waals surface area (Å²) in [6, 6.07) is 11.9. The van der Waals surface area contributed by atoms with Crippen molar-refractivity contribution in [3.8, 4) is 17.1 Å². The van der Waals surface area contributed by atoms with Gasteiger partial charge in [-0.2, -0.15) is 5.10 Å². The van der Waals surface area contributed by atoms with E-state index in [0.717, 1.165) is 54.8 Å². The minimum absolute atomic E-state index is 0.136. The lowest BCUT2D eigenvalue weighted by Gasteiger charge is -2.40. The van der Waals surface area contributed by atoms with E-state index in [9.17, 15) is 4.79 Å². The molecule has 3 aliphatic heterocycles. The quantitative estimate of drug-likeness (QED) is 0.395. The Balaban J connectivity index is 1.42. The van der Waals surface area contributed by atoms with E-state index < -0.39 is 0 Å². The number of rotatable bonds is 0. The van der Waals surface area contributed by atoms with Gasteiger partial charge in [0.25, 0.3) is 5.91 Å². The van der Waals surface area contributed by atoms with E-state index in [1.807, 2.05) is 38.2 Å². The van der Waals surface area contributed by atoms with Crippen LogP contribution in [0, 0.1) is 12.8 Å². The number of imidazole rings is 1. The molecule has 1 atom stereocenters. The van der Waals surface area contributed by atoms with Crippen LogP contribution >= 0.6 is 0 Å².